The van der Waals surface area contributed by atoms with Crippen molar-refractivity contribution in [3.05, 3.63) is 105 Å². The quantitative estimate of drug-likeness (QED) is 0.0670. The number of rotatable bonds is 8. The zero-order valence-electron chi connectivity index (χ0n) is 37.9. The van der Waals surface area contributed by atoms with Crippen molar-refractivity contribution in [2.75, 3.05) is 18.4 Å². The Morgan fingerprint density at radius 3 is 2.23 bits per heavy atom. The van der Waals surface area contributed by atoms with E-state index in [-0.39, 0.29) is 115 Å². The average Bonchev–Trinajstić information content (AvgIpc) is 3.80. The second kappa shape index (κ2) is 24.2. The standard InChI is InChI=1S/C25H33N5O4S.C17H23ClN3O.C6H4ClF.K/c1-28-21-15-18(7-8-19(21)30(25(28)34)20-9-10-22(31)26-24(20)33)16-11-13-29(14-12-16)35-27-23(32)17-5-3-2-4-6-17;1-20-14-9-11(18)5-6-12(14)13-10-15(16(19)22)21-17(13)7-3-2-4-8-17;7-5-3-1-2-4-6(5)8;/h7-8,15-17,20H,2-6,9-14H2,1H3,(H,27,32)(H,26,31,33);5-6,9,13,15,20-21H,1-4,7-8,10H2,(H2,19,22);1-4H;/q;-1;;+1. The minimum absolute atomic E-state index is 0. The Balaban J connectivity index is 0.000000197. The smallest absolute Gasteiger partial charge is 0.538 e. The third-order valence-electron chi connectivity index (χ3n) is 13.9. The number of imidazole rings is 1. The summed E-state index contributed by atoms with van der Waals surface area (Å²) in [4.78, 5) is 61.1. The predicted octanol–water partition coefficient (Wildman–Crippen LogP) is 5.42. The molecule has 66 heavy (non-hydrogen) atoms. The van der Waals surface area contributed by atoms with Gasteiger partial charge in [0.25, 0.3) is 0 Å². The number of carbonyl (C=O) groups excluding carboxylic acids is 4. The summed E-state index contributed by atoms with van der Waals surface area (Å²) in [5, 5.41) is 9.78. The molecule has 1 aromatic heterocycles. The summed E-state index contributed by atoms with van der Waals surface area (Å²) in [5.74, 6) is -0.366. The molecule has 3 saturated heterocycles. The number of halogens is 3. The number of aromatic nitrogens is 2. The molecular formula is C48H60Cl2FKN8O5S. The number of nitrogens with two attached hydrogens (primary N) is 1. The molecular weight excluding hydrogens is 930 g/mol. The molecule has 4 aromatic rings. The second-order valence-electron chi connectivity index (χ2n) is 17.9. The molecule has 0 radical (unpaired) electrons. The molecule has 2 aliphatic carbocycles. The monoisotopic (exact) mass is 988 g/mol. The number of nitrogens with zero attached hydrogens (tertiary/aromatic N) is 3. The first-order valence-electron chi connectivity index (χ1n) is 22.8. The van der Waals surface area contributed by atoms with E-state index in [0.29, 0.717) is 22.9 Å². The minimum Gasteiger partial charge on any atom is -0.538 e. The molecule has 18 heteroatoms. The molecule has 4 heterocycles. The first kappa shape index (κ1) is 52.6. The third kappa shape index (κ3) is 12.5. The number of fused-ring (bicyclic) bond motifs is 1. The number of anilines is 1. The van der Waals surface area contributed by atoms with Gasteiger partial charge in [-0.25, -0.2) is 13.5 Å². The van der Waals surface area contributed by atoms with Crippen LogP contribution in [0.4, 0.5) is 10.1 Å². The van der Waals surface area contributed by atoms with Crippen LogP contribution < -0.4 is 83.5 Å². The van der Waals surface area contributed by atoms with Gasteiger partial charge in [-0.05, 0) is 105 Å². The molecule has 4 amide bonds. The maximum absolute atomic E-state index is 13.0. The molecule has 2 saturated carbocycles. The maximum atomic E-state index is 13.0. The van der Waals surface area contributed by atoms with Crippen molar-refractivity contribution in [1.82, 2.24) is 28.8 Å². The number of hydrogen-bond acceptors (Lipinski definition) is 9. The van der Waals surface area contributed by atoms with Crippen LogP contribution in [0.15, 0.2) is 65.5 Å². The van der Waals surface area contributed by atoms with Crippen LogP contribution in [0.3, 0.4) is 0 Å². The first-order chi connectivity index (χ1) is 31.3. The van der Waals surface area contributed by atoms with Crippen molar-refractivity contribution >= 4 is 75.7 Å². The van der Waals surface area contributed by atoms with Gasteiger partial charge in [0.15, 0.2) is 0 Å². The molecule has 5 fully saturated rings. The fourth-order valence-electron chi connectivity index (χ4n) is 10.4. The van der Waals surface area contributed by atoms with Crippen LogP contribution >= 0.6 is 35.3 Å². The molecule has 5 aliphatic rings. The van der Waals surface area contributed by atoms with Gasteiger partial charge < -0.3 is 11.1 Å². The maximum Gasteiger partial charge on any atom is 1.00 e. The molecule has 0 bridgehead atoms. The number of primary amides is 1. The van der Waals surface area contributed by atoms with Crippen molar-refractivity contribution in [3.63, 3.8) is 0 Å². The third-order valence-corrected chi connectivity index (χ3v) is 15.4. The minimum atomic E-state index is -0.668. The zero-order chi connectivity index (χ0) is 46.3. The summed E-state index contributed by atoms with van der Waals surface area (Å²) >= 11 is 12.9. The van der Waals surface area contributed by atoms with Crippen LogP contribution in [-0.2, 0) is 26.2 Å². The normalized spacial score (nSPS) is 22.3. The average molecular weight is 990 g/mol. The summed E-state index contributed by atoms with van der Waals surface area (Å²) in [6.07, 6.45) is 14.6. The van der Waals surface area contributed by atoms with Crippen molar-refractivity contribution in [2.24, 2.45) is 18.7 Å². The molecule has 3 unspecified atom stereocenters. The van der Waals surface area contributed by atoms with Crippen LogP contribution in [0.1, 0.15) is 125 Å². The van der Waals surface area contributed by atoms with Gasteiger partial charge in [0, 0.05) is 66.8 Å². The van der Waals surface area contributed by atoms with E-state index in [2.05, 4.69) is 50.2 Å². The molecule has 3 atom stereocenters. The molecule has 13 nitrogen and oxygen atoms in total. The van der Waals surface area contributed by atoms with Gasteiger partial charge in [0.2, 0.25) is 23.6 Å². The van der Waals surface area contributed by atoms with Gasteiger partial charge in [-0.3, -0.25) is 50.7 Å². The Labute approximate surface area is 443 Å². The summed E-state index contributed by atoms with van der Waals surface area (Å²) in [7, 11) is 5.52. The summed E-state index contributed by atoms with van der Waals surface area (Å²) < 4.78 is 20.6. The number of amides is 4. The van der Waals surface area contributed by atoms with Crippen molar-refractivity contribution in [2.45, 2.75) is 126 Å². The van der Waals surface area contributed by atoms with E-state index in [1.54, 1.807) is 23.7 Å². The predicted molar refractivity (Wildman–Crippen MR) is 256 cm³/mol. The van der Waals surface area contributed by atoms with Crippen LogP contribution in [-0.4, -0.2) is 61.7 Å². The number of nitrogens with one attached hydrogen (secondary N) is 4. The van der Waals surface area contributed by atoms with Gasteiger partial charge in [-0.2, -0.15) is 0 Å². The van der Waals surface area contributed by atoms with E-state index in [0.717, 1.165) is 82.1 Å². The van der Waals surface area contributed by atoms with Gasteiger partial charge in [-0.15, -0.1) is 0 Å². The largest absolute Gasteiger partial charge is 1.00 e. The van der Waals surface area contributed by atoms with E-state index in [1.165, 1.54) is 65.6 Å². The summed E-state index contributed by atoms with van der Waals surface area (Å²) in [6, 6.07) is 17.1. The van der Waals surface area contributed by atoms with Crippen molar-refractivity contribution in [3.8, 4) is 0 Å². The van der Waals surface area contributed by atoms with Gasteiger partial charge in [0.05, 0.1) is 22.1 Å². The Bertz CT molecular complexity index is 2400. The number of piperidine rings is 2. The van der Waals surface area contributed by atoms with Gasteiger partial charge in [0.1, 0.15) is 11.9 Å². The number of hydrogen-bond donors (Lipinski definition) is 5. The molecule has 1 spiro atoms. The van der Waals surface area contributed by atoms with E-state index in [4.69, 9.17) is 28.9 Å². The Kier molecular flexibility index (Phi) is 19.3. The Morgan fingerprint density at radius 1 is 0.894 bits per heavy atom. The summed E-state index contributed by atoms with van der Waals surface area (Å²) in [5.41, 5.74) is 10.1. The Morgan fingerprint density at radius 2 is 1.59 bits per heavy atom. The summed E-state index contributed by atoms with van der Waals surface area (Å²) in [6.45, 7) is 1.77. The first-order valence-corrected chi connectivity index (χ1v) is 24.4. The van der Waals surface area contributed by atoms with Crippen LogP contribution in [0.25, 0.3) is 11.0 Å². The molecule has 6 N–H and O–H groups in total. The number of aryl methyl sites for hydroxylation is 1. The van der Waals surface area contributed by atoms with Gasteiger partial charge in [-0.1, -0.05) is 86.0 Å². The molecule has 350 valence electrons. The van der Waals surface area contributed by atoms with Crippen LogP contribution in [0.5, 0.6) is 0 Å². The number of carbonyl (C=O) groups is 4. The van der Waals surface area contributed by atoms with E-state index in [1.807, 2.05) is 18.2 Å². The topological polar surface area (TPSA) is 173 Å². The van der Waals surface area contributed by atoms with Crippen molar-refractivity contribution in [1.29, 1.82) is 0 Å². The second-order valence-corrected chi connectivity index (χ2v) is 19.7. The molecule has 3 aliphatic heterocycles. The number of benzene rings is 3. The van der Waals surface area contributed by atoms with Gasteiger partial charge >= 0.3 is 57.1 Å². The number of imide groups is 1. The fourth-order valence-corrected chi connectivity index (χ4v) is 11.5. The fraction of sp³-hybridized carbons (Fsp3) is 0.500. The molecule has 3 aromatic carbocycles. The zero-order valence-corrected chi connectivity index (χ0v) is 43.3. The van der Waals surface area contributed by atoms with E-state index >= 15 is 0 Å². The van der Waals surface area contributed by atoms with Crippen LogP contribution in [0.2, 0.25) is 10.0 Å². The SMILES string of the molecule is Cn1c(=O)n(C2CCC(=O)NC2=O)c2ccc(C3CCN(SNC(=O)C4CCCCC4)CC3)cc21.Fc1ccccc1Cl.[CH2-]Nc1cc(Cl)ccc1C1CC(C(N)=O)NC12CCCCC2.[K+]. The Hall–Kier alpha value is -2.77. The van der Waals surface area contributed by atoms with E-state index in [9.17, 15) is 28.4 Å². The van der Waals surface area contributed by atoms with Crippen LogP contribution in [0, 0.1) is 18.8 Å². The molecule has 9 rings (SSSR count). The van der Waals surface area contributed by atoms with Crippen molar-refractivity contribution < 1.29 is 75.0 Å². The van der Waals surface area contributed by atoms with E-state index < -0.39 is 11.9 Å².